The number of nitrogens with one attached hydrogen (secondary N) is 1. The Morgan fingerprint density at radius 1 is 1.60 bits per heavy atom. The van der Waals surface area contributed by atoms with Crippen molar-refractivity contribution in [3.8, 4) is 0 Å². The van der Waals surface area contributed by atoms with Crippen LogP contribution in [0.4, 0.5) is 0 Å². The van der Waals surface area contributed by atoms with Crippen LogP contribution >= 0.6 is 43.2 Å². The first kappa shape index (κ1) is 13.2. The molecule has 0 aliphatic heterocycles. The van der Waals surface area contributed by atoms with E-state index in [1.807, 2.05) is 12.1 Å². The lowest BCUT2D eigenvalue weighted by atomic mass is 10.2. The standard InChI is InChI=1S/C10H13Br2NOS/c1-2-7(5-6-11)13-10(14)8-3-4-9(12)15-8/h3-4,7H,2,5-6H2,1H3,(H,13,14). The number of hydrogen-bond donors (Lipinski definition) is 1. The first-order valence-corrected chi connectivity index (χ1v) is 7.52. The quantitative estimate of drug-likeness (QED) is 0.800. The van der Waals surface area contributed by atoms with E-state index in [1.54, 1.807) is 0 Å². The number of hydrogen-bond acceptors (Lipinski definition) is 2. The SMILES string of the molecule is CCC(CCBr)NC(=O)c1ccc(Br)s1. The summed E-state index contributed by atoms with van der Waals surface area (Å²) in [6.45, 7) is 2.08. The molecule has 0 aliphatic rings. The molecule has 0 bridgehead atoms. The van der Waals surface area contributed by atoms with E-state index in [4.69, 9.17) is 0 Å². The zero-order chi connectivity index (χ0) is 11.3. The second-order valence-electron chi connectivity index (χ2n) is 3.16. The van der Waals surface area contributed by atoms with Gasteiger partial charge >= 0.3 is 0 Å². The van der Waals surface area contributed by atoms with Crippen LogP contribution in [-0.4, -0.2) is 17.3 Å². The second kappa shape index (κ2) is 6.66. The maximum absolute atomic E-state index is 11.8. The van der Waals surface area contributed by atoms with Crippen molar-refractivity contribution in [2.45, 2.75) is 25.8 Å². The van der Waals surface area contributed by atoms with Crippen LogP contribution in [0.1, 0.15) is 29.4 Å². The summed E-state index contributed by atoms with van der Waals surface area (Å²) in [5.41, 5.74) is 0. The molecule has 1 amide bonds. The van der Waals surface area contributed by atoms with Crippen LogP contribution in [0.15, 0.2) is 15.9 Å². The molecule has 1 unspecified atom stereocenters. The second-order valence-corrected chi connectivity index (χ2v) is 6.42. The van der Waals surface area contributed by atoms with Crippen LogP contribution in [0.25, 0.3) is 0 Å². The number of thiophene rings is 1. The first-order chi connectivity index (χ1) is 7.17. The van der Waals surface area contributed by atoms with E-state index in [2.05, 4.69) is 44.1 Å². The Labute approximate surface area is 111 Å². The Bertz CT molecular complexity index is 327. The molecule has 84 valence electrons. The van der Waals surface area contributed by atoms with Gasteiger partial charge in [0.15, 0.2) is 0 Å². The Balaban J connectivity index is 2.54. The highest BCUT2D eigenvalue weighted by Gasteiger charge is 2.12. The molecule has 1 aromatic heterocycles. The normalized spacial score (nSPS) is 12.5. The third-order valence-corrected chi connectivity index (χ3v) is 4.16. The Hall–Kier alpha value is 0.130. The van der Waals surface area contributed by atoms with Gasteiger partial charge in [0.05, 0.1) is 8.66 Å². The molecule has 1 atom stereocenters. The molecule has 15 heavy (non-hydrogen) atoms. The summed E-state index contributed by atoms with van der Waals surface area (Å²) in [6.07, 6.45) is 1.93. The summed E-state index contributed by atoms with van der Waals surface area (Å²) < 4.78 is 0.987. The van der Waals surface area contributed by atoms with Crippen LogP contribution in [-0.2, 0) is 0 Å². The highest BCUT2D eigenvalue weighted by Crippen LogP contribution is 2.22. The molecule has 0 fully saturated rings. The third-order valence-electron chi connectivity index (χ3n) is 2.08. The van der Waals surface area contributed by atoms with Gasteiger partial charge < -0.3 is 5.32 Å². The molecule has 5 heteroatoms. The molecule has 1 heterocycles. The molecule has 1 aromatic rings. The maximum Gasteiger partial charge on any atom is 0.261 e. The number of carbonyl (C=O) groups is 1. The molecule has 0 saturated carbocycles. The van der Waals surface area contributed by atoms with Gasteiger partial charge in [-0.05, 0) is 40.9 Å². The number of halogens is 2. The Morgan fingerprint density at radius 3 is 2.80 bits per heavy atom. The molecule has 0 spiro atoms. The van der Waals surface area contributed by atoms with Crippen LogP contribution in [0.5, 0.6) is 0 Å². The van der Waals surface area contributed by atoms with Crippen molar-refractivity contribution in [3.63, 3.8) is 0 Å². The smallest absolute Gasteiger partial charge is 0.261 e. The largest absolute Gasteiger partial charge is 0.349 e. The first-order valence-electron chi connectivity index (χ1n) is 4.79. The van der Waals surface area contributed by atoms with Gasteiger partial charge in [0.25, 0.3) is 5.91 Å². The van der Waals surface area contributed by atoms with Gasteiger partial charge in [-0.2, -0.15) is 0 Å². The van der Waals surface area contributed by atoms with Crippen molar-refractivity contribution in [3.05, 3.63) is 20.8 Å². The van der Waals surface area contributed by atoms with E-state index in [-0.39, 0.29) is 11.9 Å². The van der Waals surface area contributed by atoms with E-state index in [0.717, 1.165) is 26.8 Å². The van der Waals surface area contributed by atoms with Crippen LogP contribution in [0.2, 0.25) is 0 Å². The van der Waals surface area contributed by atoms with Crippen molar-refractivity contribution in [2.75, 3.05) is 5.33 Å². The monoisotopic (exact) mass is 353 g/mol. The predicted octanol–water partition coefficient (Wildman–Crippen LogP) is 3.80. The van der Waals surface area contributed by atoms with Gasteiger partial charge in [0.2, 0.25) is 0 Å². The van der Waals surface area contributed by atoms with Crippen molar-refractivity contribution in [2.24, 2.45) is 0 Å². The van der Waals surface area contributed by atoms with Crippen LogP contribution in [0.3, 0.4) is 0 Å². The summed E-state index contributed by atoms with van der Waals surface area (Å²) in [6, 6.07) is 3.99. The average molecular weight is 355 g/mol. The Morgan fingerprint density at radius 2 is 2.33 bits per heavy atom. The molecular formula is C10H13Br2NOS. The number of carbonyl (C=O) groups excluding carboxylic acids is 1. The van der Waals surface area contributed by atoms with Gasteiger partial charge in [-0.25, -0.2) is 0 Å². The fourth-order valence-corrected chi connectivity index (χ4v) is 3.04. The minimum atomic E-state index is 0.0264. The van der Waals surface area contributed by atoms with E-state index >= 15 is 0 Å². The van der Waals surface area contributed by atoms with Gasteiger partial charge in [-0.15, -0.1) is 11.3 Å². The lowest BCUT2D eigenvalue weighted by molar-refractivity contribution is 0.0939. The zero-order valence-corrected chi connectivity index (χ0v) is 12.4. The molecule has 0 saturated heterocycles. The van der Waals surface area contributed by atoms with Gasteiger partial charge in [-0.1, -0.05) is 22.9 Å². The summed E-state index contributed by atoms with van der Waals surface area (Å²) in [7, 11) is 0. The lowest BCUT2D eigenvalue weighted by Crippen LogP contribution is -2.34. The summed E-state index contributed by atoms with van der Waals surface area (Å²) in [4.78, 5) is 12.5. The molecule has 2 nitrogen and oxygen atoms in total. The van der Waals surface area contributed by atoms with Gasteiger partial charge in [0, 0.05) is 11.4 Å². The predicted molar refractivity (Wildman–Crippen MR) is 72.0 cm³/mol. The van der Waals surface area contributed by atoms with Gasteiger partial charge in [0.1, 0.15) is 0 Å². The maximum atomic E-state index is 11.8. The van der Waals surface area contributed by atoms with E-state index in [0.29, 0.717) is 0 Å². The molecule has 0 radical (unpaired) electrons. The highest BCUT2D eigenvalue weighted by molar-refractivity contribution is 9.11. The summed E-state index contributed by atoms with van der Waals surface area (Å²) in [5.74, 6) is 0.0264. The summed E-state index contributed by atoms with van der Waals surface area (Å²) in [5, 5.41) is 3.93. The van der Waals surface area contributed by atoms with Crippen molar-refractivity contribution in [1.29, 1.82) is 0 Å². The third kappa shape index (κ3) is 4.25. The molecule has 0 aliphatic carbocycles. The van der Waals surface area contributed by atoms with Crippen LogP contribution < -0.4 is 5.32 Å². The molecule has 1 rings (SSSR count). The minimum absolute atomic E-state index is 0.0264. The highest BCUT2D eigenvalue weighted by atomic mass is 79.9. The molecule has 0 aromatic carbocycles. The fraction of sp³-hybridized carbons (Fsp3) is 0.500. The molecular weight excluding hydrogens is 342 g/mol. The molecule has 1 N–H and O–H groups in total. The average Bonchev–Trinajstić information content (AvgIpc) is 2.64. The van der Waals surface area contributed by atoms with Crippen molar-refractivity contribution in [1.82, 2.24) is 5.32 Å². The van der Waals surface area contributed by atoms with Crippen molar-refractivity contribution < 1.29 is 4.79 Å². The fourth-order valence-electron chi connectivity index (χ4n) is 1.20. The van der Waals surface area contributed by atoms with E-state index < -0.39 is 0 Å². The summed E-state index contributed by atoms with van der Waals surface area (Å²) >= 11 is 8.19. The van der Waals surface area contributed by atoms with Crippen LogP contribution in [0, 0.1) is 0 Å². The van der Waals surface area contributed by atoms with E-state index in [1.165, 1.54) is 11.3 Å². The van der Waals surface area contributed by atoms with E-state index in [9.17, 15) is 4.79 Å². The topological polar surface area (TPSA) is 29.1 Å². The van der Waals surface area contributed by atoms with Gasteiger partial charge in [-0.3, -0.25) is 4.79 Å². The lowest BCUT2D eigenvalue weighted by Gasteiger charge is -2.14. The number of amides is 1. The minimum Gasteiger partial charge on any atom is -0.349 e. The van der Waals surface area contributed by atoms with Crippen molar-refractivity contribution >= 4 is 49.1 Å². The Kier molecular flexibility index (Phi) is 5.86. The zero-order valence-electron chi connectivity index (χ0n) is 8.43. The number of rotatable bonds is 5. The number of alkyl halides is 1.